The number of hydrogen-bond donors (Lipinski definition) is 2. The molecule has 0 unspecified atom stereocenters. The molecule has 3 aromatic rings. The van der Waals surface area contributed by atoms with Crippen molar-refractivity contribution in [1.29, 1.82) is 0 Å². The molecule has 2 amide bonds. The molecule has 0 saturated carbocycles. The number of nitrogens with one attached hydrogen (secondary N) is 2. The molecule has 0 saturated heterocycles. The van der Waals surface area contributed by atoms with Gasteiger partial charge in [-0.1, -0.05) is 36.4 Å². The molecule has 6 nitrogen and oxygen atoms in total. The van der Waals surface area contributed by atoms with Crippen molar-refractivity contribution in [3.8, 4) is 11.3 Å². The lowest BCUT2D eigenvalue weighted by molar-refractivity contribution is -0.114. The van der Waals surface area contributed by atoms with Crippen LogP contribution in [0.1, 0.15) is 28.9 Å². The van der Waals surface area contributed by atoms with Crippen LogP contribution in [0, 0.1) is 6.92 Å². The summed E-state index contributed by atoms with van der Waals surface area (Å²) in [5.74, 6) is 0.682. The van der Waals surface area contributed by atoms with Crippen LogP contribution in [0.4, 0.5) is 5.69 Å². The predicted molar refractivity (Wildman–Crippen MR) is 98.6 cm³/mol. The number of aromatic nitrogens is 1. The minimum absolute atomic E-state index is 0.177. The number of carbonyl (C=O) groups excluding carboxylic acids is 2. The summed E-state index contributed by atoms with van der Waals surface area (Å²) < 4.78 is 5.65. The zero-order valence-electron chi connectivity index (χ0n) is 14.6. The third-order valence-corrected chi connectivity index (χ3v) is 3.73. The molecule has 132 valence electrons. The Hall–Kier alpha value is -3.41. The van der Waals surface area contributed by atoms with E-state index in [1.165, 1.54) is 6.92 Å². The number of carbonyl (C=O) groups is 2. The van der Waals surface area contributed by atoms with Crippen molar-refractivity contribution >= 4 is 17.5 Å². The molecule has 3 rings (SSSR count). The van der Waals surface area contributed by atoms with Gasteiger partial charge < -0.3 is 15.1 Å². The molecule has 0 spiro atoms. The van der Waals surface area contributed by atoms with Gasteiger partial charge in [0.1, 0.15) is 11.5 Å². The second kappa shape index (κ2) is 7.65. The first kappa shape index (κ1) is 17.4. The summed E-state index contributed by atoms with van der Waals surface area (Å²) >= 11 is 0. The Balaban J connectivity index is 1.68. The highest BCUT2D eigenvalue weighted by atomic mass is 16.4. The minimum atomic E-state index is -0.269. The maximum Gasteiger partial charge on any atom is 0.251 e. The van der Waals surface area contributed by atoms with Gasteiger partial charge in [0.05, 0.1) is 6.54 Å². The Morgan fingerprint density at radius 2 is 1.85 bits per heavy atom. The highest BCUT2D eigenvalue weighted by Crippen LogP contribution is 2.23. The molecule has 0 aliphatic heterocycles. The van der Waals surface area contributed by atoms with Crippen molar-refractivity contribution in [2.45, 2.75) is 20.4 Å². The van der Waals surface area contributed by atoms with Crippen LogP contribution < -0.4 is 10.6 Å². The van der Waals surface area contributed by atoms with Gasteiger partial charge in [-0.2, -0.15) is 0 Å². The smallest absolute Gasteiger partial charge is 0.251 e. The summed E-state index contributed by atoms with van der Waals surface area (Å²) in [5.41, 5.74) is 2.75. The predicted octanol–water partition coefficient (Wildman–Crippen LogP) is 3.54. The molecule has 0 fully saturated rings. The Morgan fingerprint density at radius 3 is 2.58 bits per heavy atom. The van der Waals surface area contributed by atoms with Gasteiger partial charge in [0, 0.05) is 23.7 Å². The first-order chi connectivity index (χ1) is 12.5. The number of benzene rings is 2. The summed E-state index contributed by atoms with van der Waals surface area (Å²) in [7, 11) is 0. The molecule has 0 aliphatic rings. The molecule has 1 heterocycles. The summed E-state index contributed by atoms with van der Waals surface area (Å²) in [6.07, 6.45) is 0. The van der Waals surface area contributed by atoms with Crippen molar-refractivity contribution in [1.82, 2.24) is 10.3 Å². The van der Waals surface area contributed by atoms with Crippen molar-refractivity contribution in [3.63, 3.8) is 0 Å². The number of oxazole rings is 1. The van der Waals surface area contributed by atoms with Crippen LogP contribution in [-0.4, -0.2) is 16.8 Å². The summed E-state index contributed by atoms with van der Waals surface area (Å²) in [6, 6.07) is 16.5. The first-order valence-corrected chi connectivity index (χ1v) is 8.20. The number of amides is 2. The largest absolute Gasteiger partial charge is 0.443 e. The van der Waals surface area contributed by atoms with E-state index in [0.29, 0.717) is 22.9 Å². The monoisotopic (exact) mass is 349 g/mol. The molecule has 0 atom stereocenters. The molecule has 26 heavy (non-hydrogen) atoms. The summed E-state index contributed by atoms with van der Waals surface area (Å²) in [6.45, 7) is 3.44. The molecular weight excluding hydrogens is 330 g/mol. The highest BCUT2D eigenvalue weighted by Gasteiger charge is 2.13. The SMILES string of the molecule is CC(=O)Nc1cccc(C(=O)NCc2nc(-c3ccccc3)c(C)o2)c1. The van der Waals surface area contributed by atoms with E-state index in [1.807, 2.05) is 37.3 Å². The zero-order valence-corrected chi connectivity index (χ0v) is 14.6. The highest BCUT2D eigenvalue weighted by molar-refractivity contribution is 5.96. The third-order valence-electron chi connectivity index (χ3n) is 3.73. The van der Waals surface area contributed by atoms with Gasteiger partial charge in [-0.05, 0) is 25.1 Å². The van der Waals surface area contributed by atoms with Crippen molar-refractivity contribution in [3.05, 3.63) is 71.8 Å². The number of aryl methyl sites for hydroxylation is 1. The fourth-order valence-electron chi connectivity index (χ4n) is 2.59. The molecular formula is C20H19N3O3. The maximum absolute atomic E-state index is 12.3. The molecule has 0 bridgehead atoms. The van der Waals surface area contributed by atoms with E-state index >= 15 is 0 Å². The molecule has 1 aromatic heterocycles. The fourth-order valence-corrected chi connectivity index (χ4v) is 2.59. The standard InChI is InChI=1S/C20H19N3O3/c1-13-19(15-7-4-3-5-8-15)23-18(26-13)12-21-20(25)16-9-6-10-17(11-16)22-14(2)24/h3-11H,12H2,1-2H3,(H,21,25)(H,22,24). The maximum atomic E-state index is 12.3. The number of hydrogen-bond acceptors (Lipinski definition) is 4. The lowest BCUT2D eigenvalue weighted by atomic mass is 10.1. The Bertz CT molecular complexity index is 932. The van der Waals surface area contributed by atoms with Gasteiger partial charge in [0.15, 0.2) is 0 Å². The van der Waals surface area contributed by atoms with Gasteiger partial charge in [0.2, 0.25) is 11.8 Å². The lowest BCUT2D eigenvalue weighted by Gasteiger charge is -2.06. The van der Waals surface area contributed by atoms with E-state index < -0.39 is 0 Å². The van der Waals surface area contributed by atoms with E-state index in [4.69, 9.17) is 4.42 Å². The van der Waals surface area contributed by atoms with Gasteiger partial charge in [-0.25, -0.2) is 4.98 Å². The van der Waals surface area contributed by atoms with Crippen LogP contribution in [0.2, 0.25) is 0 Å². The van der Waals surface area contributed by atoms with Gasteiger partial charge >= 0.3 is 0 Å². The average Bonchev–Trinajstić information content (AvgIpc) is 3.01. The van der Waals surface area contributed by atoms with E-state index in [-0.39, 0.29) is 18.4 Å². The lowest BCUT2D eigenvalue weighted by Crippen LogP contribution is -2.23. The molecule has 0 aliphatic carbocycles. The van der Waals surface area contributed by atoms with E-state index in [9.17, 15) is 9.59 Å². The van der Waals surface area contributed by atoms with Crippen molar-refractivity contribution in [2.24, 2.45) is 0 Å². The number of nitrogens with zero attached hydrogens (tertiary/aromatic N) is 1. The Labute approximate surface area is 151 Å². The van der Waals surface area contributed by atoms with Crippen LogP contribution in [-0.2, 0) is 11.3 Å². The summed E-state index contributed by atoms with van der Waals surface area (Å²) in [5, 5.41) is 5.43. The fraction of sp³-hybridized carbons (Fsp3) is 0.150. The van der Waals surface area contributed by atoms with Crippen LogP contribution >= 0.6 is 0 Å². The minimum Gasteiger partial charge on any atom is -0.443 e. The second-order valence-corrected chi connectivity index (χ2v) is 5.82. The molecule has 0 radical (unpaired) electrons. The first-order valence-electron chi connectivity index (χ1n) is 8.20. The van der Waals surface area contributed by atoms with Gasteiger partial charge in [-0.15, -0.1) is 0 Å². The Morgan fingerprint density at radius 1 is 1.08 bits per heavy atom. The van der Waals surface area contributed by atoms with Crippen molar-refractivity contribution in [2.75, 3.05) is 5.32 Å². The van der Waals surface area contributed by atoms with E-state index in [1.54, 1.807) is 24.3 Å². The quantitative estimate of drug-likeness (QED) is 0.738. The van der Waals surface area contributed by atoms with Crippen molar-refractivity contribution < 1.29 is 14.0 Å². The Kier molecular flexibility index (Phi) is 5.12. The van der Waals surface area contributed by atoms with Crippen LogP contribution in [0.25, 0.3) is 11.3 Å². The molecule has 2 aromatic carbocycles. The second-order valence-electron chi connectivity index (χ2n) is 5.82. The van der Waals surface area contributed by atoms with Gasteiger partial charge in [0.25, 0.3) is 5.91 Å². The number of anilines is 1. The number of rotatable bonds is 5. The van der Waals surface area contributed by atoms with Crippen LogP contribution in [0.5, 0.6) is 0 Å². The summed E-state index contributed by atoms with van der Waals surface area (Å²) in [4.78, 5) is 27.9. The zero-order chi connectivity index (χ0) is 18.5. The third kappa shape index (κ3) is 4.16. The van der Waals surface area contributed by atoms with Crippen LogP contribution in [0.3, 0.4) is 0 Å². The van der Waals surface area contributed by atoms with E-state index in [2.05, 4.69) is 15.6 Å². The molecule has 2 N–H and O–H groups in total. The topological polar surface area (TPSA) is 84.2 Å². The van der Waals surface area contributed by atoms with E-state index in [0.717, 1.165) is 11.3 Å². The molecule has 6 heteroatoms. The average molecular weight is 349 g/mol. The van der Waals surface area contributed by atoms with Crippen LogP contribution in [0.15, 0.2) is 59.0 Å². The normalized spacial score (nSPS) is 10.4. The van der Waals surface area contributed by atoms with Gasteiger partial charge in [-0.3, -0.25) is 9.59 Å².